The van der Waals surface area contributed by atoms with Gasteiger partial charge in [0.15, 0.2) is 5.96 Å². The summed E-state index contributed by atoms with van der Waals surface area (Å²) in [5, 5.41) is 3.06. The summed E-state index contributed by atoms with van der Waals surface area (Å²) in [6.45, 7) is 4.93. The number of nitrogens with zero attached hydrogens (tertiary/aromatic N) is 1. The molecule has 0 bridgehead atoms. The van der Waals surface area contributed by atoms with E-state index in [2.05, 4.69) is 26.2 Å². The van der Waals surface area contributed by atoms with E-state index in [1.54, 1.807) is 11.3 Å². The molecule has 0 fully saturated rings. The van der Waals surface area contributed by atoms with Crippen molar-refractivity contribution in [1.82, 2.24) is 5.32 Å². The number of halogens is 2. The zero-order valence-electron chi connectivity index (χ0n) is 10.3. The maximum absolute atomic E-state index is 5.73. The zero-order valence-corrected chi connectivity index (χ0v) is 15.1. The van der Waals surface area contributed by atoms with E-state index in [4.69, 9.17) is 10.5 Å². The number of ether oxygens (including phenoxy) is 1. The minimum absolute atomic E-state index is 0. The number of nitrogens with two attached hydrogens (primary N) is 1. The van der Waals surface area contributed by atoms with Crippen LogP contribution < -0.4 is 11.1 Å². The van der Waals surface area contributed by atoms with Crippen LogP contribution in [0.25, 0.3) is 0 Å². The molecule has 0 aliphatic heterocycles. The Hall–Kier alpha value is 0.140. The molecule has 0 saturated heterocycles. The van der Waals surface area contributed by atoms with E-state index in [0.717, 1.165) is 30.0 Å². The average molecular weight is 448 g/mol. The molecule has 1 rings (SSSR count). The molecule has 0 saturated carbocycles. The molecule has 0 atom stereocenters. The lowest BCUT2D eigenvalue weighted by molar-refractivity contribution is 0.145. The number of nitrogens with one attached hydrogen (secondary N) is 1. The van der Waals surface area contributed by atoms with Crippen LogP contribution in [0.15, 0.2) is 20.9 Å². The number of rotatable bonds is 7. The fraction of sp³-hybridized carbons (Fsp3) is 0.545. The van der Waals surface area contributed by atoms with Crippen LogP contribution in [0.5, 0.6) is 0 Å². The van der Waals surface area contributed by atoms with E-state index in [9.17, 15) is 0 Å². The lowest BCUT2D eigenvalue weighted by Gasteiger charge is -2.05. The molecule has 4 nitrogen and oxygen atoms in total. The summed E-state index contributed by atoms with van der Waals surface area (Å²) in [5.74, 6) is 0.492. The molecule has 1 aromatic heterocycles. The Bertz CT molecular complexity index is 360. The van der Waals surface area contributed by atoms with Crippen molar-refractivity contribution in [2.24, 2.45) is 10.7 Å². The van der Waals surface area contributed by atoms with Crippen LogP contribution >= 0.6 is 51.2 Å². The minimum Gasteiger partial charge on any atom is -0.382 e. The second-order valence-electron chi connectivity index (χ2n) is 3.38. The van der Waals surface area contributed by atoms with Gasteiger partial charge in [-0.25, -0.2) is 4.99 Å². The monoisotopic (exact) mass is 447 g/mol. The Labute approximate surface area is 138 Å². The highest BCUT2D eigenvalue weighted by atomic mass is 127. The molecule has 0 spiro atoms. The topological polar surface area (TPSA) is 59.6 Å². The Morgan fingerprint density at radius 1 is 1.56 bits per heavy atom. The van der Waals surface area contributed by atoms with E-state index in [1.165, 1.54) is 4.88 Å². The highest BCUT2D eigenvalue weighted by Crippen LogP contribution is 2.22. The summed E-state index contributed by atoms with van der Waals surface area (Å²) in [7, 11) is 0. The van der Waals surface area contributed by atoms with Crippen molar-refractivity contribution in [3.63, 3.8) is 0 Å². The molecule has 0 radical (unpaired) electrons. The molecule has 1 aromatic rings. The third kappa shape index (κ3) is 8.28. The molecule has 0 unspecified atom stereocenters. The third-order valence-corrected chi connectivity index (χ3v) is 3.62. The predicted octanol–water partition coefficient (Wildman–Crippen LogP) is 2.96. The maximum Gasteiger partial charge on any atom is 0.188 e. The van der Waals surface area contributed by atoms with Crippen molar-refractivity contribution in [3.8, 4) is 0 Å². The Morgan fingerprint density at radius 2 is 2.33 bits per heavy atom. The number of hydrogen-bond acceptors (Lipinski definition) is 3. The molecule has 104 valence electrons. The van der Waals surface area contributed by atoms with E-state index >= 15 is 0 Å². The van der Waals surface area contributed by atoms with Crippen LogP contribution in [0, 0.1) is 0 Å². The molecule has 3 N–H and O–H groups in total. The van der Waals surface area contributed by atoms with Crippen molar-refractivity contribution in [1.29, 1.82) is 0 Å². The van der Waals surface area contributed by atoms with Gasteiger partial charge in [0.2, 0.25) is 0 Å². The normalized spacial score (nSPS) is 11.1. The summed E-state index contributed by atoms with van der Waals surface area (Å²) < 4.78 is 6.34. The number of guanidine groups is 1. The molecule has 18 heavy (non-hydrogen) atoms. The van der Waals surface area contributed by atoms with Crippen molar-refractivity contribution >= 4 is 57.2 Å². The van der Waals surface area contributed by atoms with Crippen LogP contribution in [0.2, 0.25) is 0 Å². The predicted molar refractivity (Wildman–Crippen MR) is 91.9 cm³/mol. The van der Waals surface area contributed by atoms with E-state index < -0.39 is 0 Å². The largest absolute Gasteiger partial charge is 0.382 e. The summed E-state index contributed by atoms with van der Waals surface area (Å²) in [4.78, 5) is 5.45. The standard InChI is InChI=1S/C11H18BrN3OS.HI/c1-2-16-7-3-6-14-11(13)15-8-9-4-5-10(12)17-9;/h4-5H,2-3,6-8H2,1H3,(H3,13,14,15);1H. The van der Waals surface area contributed by atoms with E-state index in [1.807, 2.05) is 19.1 Å². The lowest BCUT2D eigenvalue weighted by atomic mass is 10.4. The van der Waals surface area contributed by atoms with Gasteiger partial charge in [-0.3, -0.25) is 0 Å². The van der Waals surface area contributed by atoms with Gasteiger partial charge in [-0.15, -0.1) is 35.3 Å². The van der Waals surface area contributed by atoms with Gasteiger partial charge >= 0.3 is 0 Å². The lowest BCUT2D eigenvalue weighted by Crippen LogP contribution is -2.32. The summed E-state index contributed by atoms with van der Waals surface area (Å²) >= 11 is 5.09. The minimum atomic E-state index is 0. The summed E-state index contributed by atoms with van der Waals surface area (Å²) in [6.07, 6.45) is 0.939. The first-order valence-electron chi connectivity index (χ1n) is 5.58. The van der Waals surface area contributed by atoms with Crippen LogP contribution in [0.4, 0.5) is 0 Å². The van der Waals surface area contributed by atoms with Crippen LogP contribution in [0.3, 0.4) is 0 Å². The van der Waals surface area contributed by atoms with Gasteiger partial charge in [0, 0.05) is 24.6 Å². The van der Waals surface area contributed by atoms with Gasteiger partial charge in [-0.1, -0.05) is 0 Å². The highest BCUT2D eigenvalue weighted by molar-refractivity contribution is 14.0. The SMILES string of the molecule is CCOCCCNC(N)=NCc1ccc(Br)s1.I. The number of thiophene rings is 1. The highest BCUT2D eigenvalue weighted by Gasteiger charge is 1.97. The van der Waals surface area contributed by atoms with Crippen molar-refractivity contribution < 1.29 is 4.74 Å². The van der Waals surface area contributed by atoms with Crippen molar-refractivity contribution in [3.05, 3.63) is 20.8 Å². The number of aliphatic imine (C=N–C) groups is 1. The van der Waals surface area contributed by atoms with Gasteiger partial charge in [0.05, 0.1) is 10.3 Å². The van der Waals surface area contributed by atoms with Gasteiger partial charge in [0.25, 0.3) is 0 Å². The van der Waals surface area contributed by atoms with E-state index in [-0.39, 0.29) is 24.0 Å². The molecule has 1 heterocycles. The average Bonchev–Trinajstić information content (AvgIpc) is 2.72. The Balaban J connectivity index is 0.00000289. The smallest absolute Gasteiger partial charge is 0.188 e. The van der Waals surface area contributed by atoms with Crippen molar-refractivity contribution in [2.45, 2.75) is 19.9 Å². The Kier molecular flexibility index (Phi) is 11.1. The molecule has 0 aliphatic carbocycles. The van der Waals surface area contributed by atoms with Gasteiger partial charge in [-0.2, -0.15) is 0 Å². The molecule has 0 amide bonds. The Morgan fingerprint density at radius 3 is 2.94 bits per heavy atom. The fourth-order valence-corrected chi connectivity index (χ4v) is 2.60. The molecular weight excluding hydrogens is 429 g/mol. The first-order chi connectivity index (χ1) is 8.22. The van der Waals surface area contributed by atoms with Gasteiger partial charge in [-0.05, 0) is 41.4 Å². The van der Waals surface area contributed by atoms with Crippen LogP contribution in [-0.4, -0.2) is 25.7 Å². The number of hydrogen-bond donors (Lipinski definition) is 2. The molecular formula is C11H19BrIN3OS. The fourth-order valence-electron chi connectivity index (χ4n) is 1.19. The summed E-state index contributed by atoms with van der Waals surface area (Å²) in [6, 6.07) is 4.06. The first-order valence-corrected chi connectivity index (χ1v) is 7.19. The zero-order chi connectivity index (χ0) is 12.5. The molecule has 7 heteroatoms. The molecule has 0 aliphatic rings. The second-order valence-corrected chi connectivity index (χ2v) is 5.93. The van der Waals surface area contributed by atoms with Crippen molar-refractivity contribution in [2.75, 3.05) is 19.8 Å². The van der Waals surface area contributed by atoms with E-state index in [0.29, 0.717) is 12.5 Å². The maximum atomic E-state index is 5.73. The first kappa shape index (κ1) is 18.1. The van der Waals surface area contributed by atoms with Gasteiger partial charge in [0.1, 0.15) is 0 Å². The van der Waals surface area contributed by atoms with Crippen LogP contribution in [0.1, 0.15) is 18.2 Å². The molecule has 0 aromatic carbocycles. The second kappa shape index (κ2) is 11.0. The summed E-state index contributed by atoms with van der Waals surface area (Å²) in [5.41, 5.74) is 5.73. The van der Waals surface area contributed by atoms with Gasteiger partial charge < -0.3 is 15.8 Å². The third-order valence-electron chi connectivity index (χ3n) is 2.01. The van der Waals surface area contributed by atoms with Crippen LogP contribution in [-0.2, 0) is 11.3 Å². The quantitative estimate of drug-likeness (QED) is 0.292.